The average molecular weight is 325 g/mol. The zero-order chi connectivity index (χ0) is 16.7. The lowest BCUT2D eigenvalue weighted by Crippen LogP contribution is -2.30. The predicted molar refractivity (Wildman–Crippen MR) is 92.1 cm³/mol. The van der Waals surface area contributed by atoms with Crippen molar-refractivity contribution in [2.24, 2.45) is 0 Å². The molecule has 2 aromatic rings. The number of fused-ring (bicyclic) bond motifs is 1. The number of rotatable bonds is 5. The topological polar surface area (TPSA) is 94.7 Å². The highest BCUT2D eigenvalue weighted by molar-refractivity contribution is 7.99. The number of aromatic nitrogens is 4. The molecule has 2 rings (SSSR count). The molecule has 7 nitrogen and oxygen atoms in total. The standard InChI is InChI=1S/C12H17N5O2S.C2H6/c1-4-5-6-20-12-15-8-7(9(16-12)17(2)3)13-10(18)11(19)14-8;1-2/h4-6H2,1-3H3,(H,13,18)(H,14,15,16,19);1-2H3. The number of anilines is 1. The Morgan fingerprint density at radius 3 is 2.32 bits per heavy atom. The zero-order valence-corrected chi connectivity index (χ0v) is 14.5. The summed E-state index contributed by atoms with van der Waals surface area (Å²) >= 11 is 1.54. The average Bonchev–Trinajstić information content (AvgIpc) is 2.50. The molecule has 0 fully saturated rings. The number of hydrogen-bond acceptors (Lipinski definition) is 6. The Hall–Kier alpha value is -1.83. The molecule has 0 aliphatic heterocycles. The molecule has 0 aliphatic carbocycles. The molecular formula is C14H23N5O2S. The summed E-state index contributed by atoms with van der Waals surface area (Å²) in [4.78, 5) is 38.4. The number of thioether (sulfide) groups is 1. The van der Waals surface area contributed by atoms with Crippen LogP contribution in [0.4, 0.5) is 5.82 Å². The van der Waals surface area contributed by atoms with E-state index in [1.807, 2.05) is 27.9 Å². The molecule has 0 amide bonds. The van der Waals surface area contributed by atoms with Gasteiger partial charge in [0, 0.05) is 19.8 Å². The lowest BCUT2D eigenvalue weighted by Gasteiger charge is -2.14. The monoisotopic (exact) mass is 325 g/mol. The van der Waals surface area contributed by atoms with E-state index < -0.39 is 11.1 Å². The van der Waals surface area contributed by atoms with Crippen LogP contribution in [0.5, 0.6) is 0 Å². The molecule has 0 spiro atoms. The van der Waals surface area contributed by atoms with E-state index >= 15 is 0 Å². The fourth-order valence-corrected chi connectivity index (χ4v) is 2.59. The van der Waals surface area contributed by atoms with Crippen LogP contribution in [-0.4, -0.2) is 39.8 Å². The van der Waals surface area contributed by atoms with Gasteiger partial charge >= 0.3 is 11.1 Å². The van der Waals surface area contributed by atoms with Crippen molar-refractivity contribution in [2.75, 3.05) is 24.7 Å². The first-order valence-electron chi connectivity index (χ1n) is 7.37. The third-order valence-corrected chi connectivity index (χ3v) is 3.63. The molecule has 8 heteroatoms. The number of unbranched alkanes of at least 4 members (excludes halogenated alkanes) is 1. The van der Waals surface area contributed by atoms with E-state index in [1.165, 1.54) is 11.8 Å². The fraction of sp³-hybridized carbons (Fsp3) is 0.571. The Morgan fingerprint density at radius 1 is 1.09 bits per heavy atom. The quantitative estimate of drug-likeness (QED) is 0.378. The number of H-pyrrole nitrogens is 2. The van der Waals surface area contributed by atoms with Gasteiger partial charge in [-0.1, -0.05) is 39.0 Å². The SMILES string of the molecule is CC.CCCCSc1nc(N(C)C)c2[nH]c(=O)c(=O)[nH]c2n1. The smallest absolute Gasteiger partial charge is 0.315 e. The van der Waals surface area contributed by atoms with E-state index in [-0.39, 0.29) is 0 Å². The first-order chi connectivity index (χ1) is 10.5. The number of nitrogens with zero attached hydrogens (tertiary/aromatic N) is 3. The van der Waals surface area contributed by atoms with Crippen LogP contribution in [0.1, 0.15) is 33.6 Å². The van der Waals surface area contributed by atoms with Gasteiger partial charge in [-0.05, 0) is 6.42 Å². The summed E-state index contributed by atoms with van der Waals surface area (Å²) in [6.45, 7) is 6.12. The van der Waals surface area contributed by atoms with Gasteiger partial charge in [-0.3, -0.25) is 9.59 Å². The lowest BCUT2D eigenvalue weighted by atomic mass is 10.4. The van der Waals surface area contributed by atoms with Gasteiger partial charge in [0.25, 0.3) is 0 Å². The number of hydrogen-bond donors (Lipinski definition) is 2. The molecule has 0 saturated carbocycles. The largest absolute Gasteiger partial charge is 0.361 e. The molecule has 2 heterocycles. The fourth-order valence-electron chi connectivity index (χ4n) is 1.67. The molecule has 0 radical (unpaired) electrons. The van der Waals surface area contributed by atoms with Crippen LogP contribution in [0.3, 0.4) is 0 Å². The van der Waals surface area contributed by atoms with Gasteiger partial charge in [-0.25, -0.2) is 9.97 Å². The minimum absolute atomic E-state index is 0.354. The second kappa shape index (κ2) is 8.57. The maximum atomic E-state index is 11.4. The van der Waals surface area contributed by atoms with Crippen LogP contribution in [0.2, 0.25) is 0 Å². The second-order valence-electron chi connectivity index (χ2n) is 4.56. The minimum Gasteiger partial charge on any atom is -0.361 e. The molecule has 0 saturated heterocycles. The van der Waals surface area contributed by atoms with Gasteiger partial charge in [0.1, 0.15) is 5.52 Å². The van der Waals surface area contributed by atoms with Crippen LogP contribution < -0.4 is 16.0 Å². The third kappa shape index (κ3) is 4.33. The van der Waals surface area contributed by atoms with Crippen molar-refractivity contribution in [3.05, 3.63) is 20.7 Å². The number of nitrogens with one attached hydrogen (secondary N) is 2. The van der Waals surface area contributed by atoms with Crippen molar-refractivity contribution < 1.29 is 0 Å². The van der Waals surface area contributed by atoms with E-state index in [2.05, 4.69) is 26.9 Å². The lowest BCUT2D eigenvalue weighted by molar-refractivity contribution is 0.885. The Balaban J connectivity index is 0.00000116. The van der Waals surface area contributed by atoms with Gasteiger partial charge in [0.15, 0.2) is 16.6 Å². The van der Waals surface area contributed by atoms with Gasteiger partial charge < -0.3 is 14.9 Å². The molecule has 2 aromatic heterocycles. The van der Waals surface area contributed by atoms with Crippen molar-refractivity contribution in [1.82, 2.24) is 19.9 Å². The van der Waals surface area contributed by atoms with E-state index in [4.69, 9.17) is 0 Å². The number of aromatic amines is 2. The Kier molecular flexibility index (Phi) is 7.10. The predicted octanol–water partition coefficient (Wildman–Crippen LogP) is 1.99. The van der Waals surface area contributed by atoms with Crippen molar-refractivity contribution in [3.8, 4) is 0 Å². The maximum Gasteiger partial charge on any atom is 0.315 e. The molecule has 0 bridgehead atoms. The van der Waals surface area contributed by atoms with Gasteiger partial charge in [0.2, 0.25) is 0 Å². The van der Waals surface area contributed by atoms with Crippen molar-refractivity contribution in [2.45, 2.75) is 38.8 Å². The van der Waals surface area contributed by atoms with Crippen LogP contribution in [0.15, 0.2) is 14.7 Å². The Bertz CT molecular complexity index is 723. The molecule has 122 valence electrons. The van der Waals surface area contributed by atoms with Gasteiger partial charge in [-0.15, -0.1) is 0 Å². The summed E-state index contributed by atoms with van der Waals surface area (Å²) < 4.78 is 0. The van der Waals surface area contributed by atoms with Crippen LogP contribution in [0, 0.1) is 0 Å². The van der Waals surface area contributed by atoms with Crippen molar-refractivity contribution in [3.63, 3.8) is 0 Å². The molecule has 0 aliphatic rings. The van der Waals surface area contributed by atoms with E-state index in [0.717, 1.165) is 18.6 Å². The highest BCUT2D eigenvalue weighted by Crippen LogP contribution is 2.22. The first kappa shape index (κ1) is 18.2. The molecule has 0 atom stereocenters. The zero-order valence-electron chi connectivity index (χ0n) is 13.7. The molecule has 22 heavy (non-hydrogen) atoms. The van der Waals surface area contributed by atoms with Crippen molar-refractivity contribution in [1.29, 1.82) is 0 Å². The van der Waals surface area contributed by atoms with Gasteiger partial charge in [-0.2, -0.15) is 0 Å². The Morgan fingerprint density at radius 2 is 1.73 bits per heavy atom. The summed E-state index contributed by atoms with van der Waals surface area (Å²) in [5, 5.41) is 0.595. The summed E-state index contributed by atoms with van der Waals surface area (Å²) in [5.41, 5.74) is -0.604. The summed E-state index contributed by atoms with van der Waals surface area (Å²) in [5.74, 6) is 1.50. The molecular weight excluding hydrogens is 302 g/mol. The normalized spacial score (nSPS) is 10.2. The van der Waals surface area contributed by atoms with E-state index in [0.29, 0.717) is 22.1 Å². The Labute approximate surface area is 133 Å². The highest BCUT2D eigenvalue weighted by atomic mass is 32.2. The summed E-state index contributed by atoms with van der Waals surface area (Å²) in [7, 11) is 3.65. The molecule has 0 aromatic carbocycles. The highest BCUT2D eigenvalue weighted by Gasteiger charge is 2.12. The summed E-state index contributed by atoms with van der Waals surface area (Å²) in [6, 6.07) is 0. The molecule has 0 unspecified atom stereocenters. The van der Waals surface area contributed by atoms with Crippen LogP contribution >= 0.6 is 11.8 Å². The first-order valence-corrected chi connectivity index (χ1v) is 8.36. The van der Waals surface area contributed by atoms with E-state index in [1.54, 1.807) is 4.90 Å². The second-order valence-corrected chi connectivity index (χ2v) is 5.62. The van der Waals surface area contributed by atoms with E-state index in [9.17, 15) is 9.59 Å². The third-order valence-electron chi connectivity index (χ3n) is 2.70. The minimum atomic E-state index is -0.703. The van der Waals surface area contributed by atoms with Crippen LogP contribution in [-0.2, 0) is 0 Å². The van der Waals surface area contributed by atoms with Crippen LogP contribution in [0.25, 0.3) is 11.2 Å². The van der Waals surface area contributed by atoms with Crippen molar-refractivity contribution >= 4 is 28.7 Å². The summed E-state index contributed by atoms with van der Waals surface area (Å²) in [6.07, 6.45) is 2.18. The molecule has 2 N–H and O–H groups in total. The maximum absolute atomic E-state index is 11.4. The van der Waals surface area contributed by atoms with Gasteiger partial charge in [0.05, 0.1) is 0 Å².